The molecular formula is C21H20FN3O3. The lowest BCUT2D eigenvalue weighted by molar-refractivity contribution is 0.0569. The highest BCUT2D eigenvalue weighted by molar-refractivity contribution is 5.94. The van der Waals surface area contributed by atoms with Gasteiger partial charge in [-0.3, -0.25) is 9.59 Å². The van der Waals surface area contributed by atoms with E-state index in [1.807, 2.05) is 0 Å². The van der Waals surface area contributed by atoms with Gasteiger partial charge in [0.25, 0.3) is 5.91 Å². The molecule has 0 spiro atoms. The van der Waals surface area contributed by atoms with Gasteiger partial charge < -0.3 is 14.3 Å². The van der Waals surface area contributed by atoms with Crippen LogP contribution in [0.5, 0.6) is 0 Å². The minimum absolute atomic E-state index is 0.171. The maximum absolute atomic E-state index is 13.9. The van der Waals surface area contributed by atoms with Gasteiger partial charge in [0.2, 0.25) is 11.4 Å². The van der Waals surface area contributed by atoms with Crippen LogP contribution in [-0.4, -0.2) is 27.3 Å². The van der Waals surface area contributed by atoms with E-state index in [9.17, 15) is 14.0 Å². The fraction of sp³-hybridized carbons (Fsp3) is 0.286. The minimum Gasteiger partial charge on any atom is -0.443 e. The quantitative estimate of drug-likeness (QED) is 0.751. The number of H-pyrrole nitrogens is 1. The number of amides is 1. The number of nitrogens with one attached hydrogen (secondary N) is 1. The number of oxazole rings is 1. The van der Waals surface area contributed by atoms with Crippen LogP contribution >= 0.6 is 0 Å². The molecule has 1 unspecified atom stereocenters. The molecule has 28 heavy (non-hydrogen) atoms. The second-order valence-corrected chi connectivity index (χ2v) is 6.88. The molecule has 144 valence electrons. The van der Waals surface area contributed by atoms with Crippen molar-refractivity contribution < 1.29 is 13.6 Å². The minimum atomic E-state index is -0.284. The molecule has 1 atom stereocenters. The van der Waals surface area contributed by atoms with E-state index in [1.54, 1.807) is 29.3 Å². The SMILES string of the molecule is O=C(c1ccc(=O)[nH]c1)N1CCCCC1c1ncc(Cc2ccccc2F)o1. The zero-order valence-electron chi connectivity index (χ0n) is 15.2. The summed E-state index contributed by atoms with van der Waals surface area (Å²) < 4.78 is 19.8. The van der Waals surface area contributed by atoms with Crippen LogP contribution in [0.3, 0.4) is 0 Å². The Kier molecular flexibility index (Phi) is 5.06. The number of rotatable bonds is 4. The van der Waals surface area contributed by atoms with Gasteiger partial charge in [-0.2, -0.15) is 0 Å². The topological polar surface area (TPSA) is 79.2 Å². The molecule has 4 rings (SSSR count). The number of benzene rings is 1. The monoisotopic (exact) mass is 381 g/mol. The molecule has 1 aliphatic rings. The molecule has 1 N–H and O–H groups in total. The summed E-state index contributed by atoms with van der Waals surface area (Å²) in [6, 6.07) is 9.13. The van der Waals surface area contributed by atoms with Crippen LogP contribution in [0.4, 0.5) is 4.39 Å². The molecule has 1 saturated heterocycles. The van der Waals surface area contributed by atoms with Crippen LogP contribution in [-0.2, 0) is 6.42 Å². The number of halogens is 1. The first kappa shape index (κ1) is 18.2. The average Bonchev–Trinajstić information content (AvgIpc) is 3.18. The predicted molar refractivity (Wildman–Crippen MR) is 100 cm³/mol. The third kappa shape index (κ3) is 3.74. The summed E-state index contributed by atoms with van der Waals surface area (Å²) >= 11 is 0. The second-order valence-electron chi connectivity index (χ2n) is 6.88. The number of carbonyl (C=O) groups is 1. The zero-order chi connectivity index (χ0) is 19.5. The second kappa shape index (κ2) is 7.80. The van der Waals surface area contributed by atoms with Crippen molar-refractivity contribution in [2.24, 2.45) is 0 Å². The lowest BCUT2D eigenvalue weighted by Gasteiger charge is -2.33. The fourth-order valence-electron chi connectivity index (χ4n) is 3.53. The van der Waals surface area contributed by atoms with Crippen LogP contribution < -0.4 is 5.56 Å². The summed E-state index contributed by atoms with van der Waals surface area (Å²) in [4.78, 5) is 32.8. The molecule has 2 aromatic heterocycles. The predicted octanol–water partition coefficient (Wildman–Crippen LogP) is 3.46. The first-order valence-corrected chi connectivity index (χ1v) is 9.29. The van der Waals surface area contributed by atoms with Crippen molar-refractivity contribution in [3.63, 3.8) is 0 Å². The molecule has 3 aromatic rings. The molecule has 0 saturated carbocycles. The van der Waals surface area contributed by atoms with Crippen molar-refractivity contribution >= 4 is 5.91 Å². The molecule has 0 aliphatic carbocycles. The van der Waals surface area contributed by atoms with Gasteiger partial charge in [-0.1, -0.05) is 18.2 Å². The van der Waals surface area contributed by atoms with Gasteiger partial charge in [-0.05, 0) is 37.0 Å². The Labute approximate surface area is 161 Å². The molecule has 0 bridgehead atoms. The number of piperidine rings is 1. The number of hydrogen-bond donors (Lipinski definition) is 1. The van der Waals surface area contributed by atoms with E-state index < -0.39 is 0 Å². The van der Waals surface area contributed by atoms with Crippen LogP contribution in [0.1, 0.15) is 52.9 Å². The van der Waals surface area contributed by atoms with Crippen LogP contribution in [0, 0.1) is 5.82 Å². The molecule has 6 nitrogen and oxygen atoms in total. The lowest BCUT2D eigenvalue weighted by atomic mass is 10.0. The van der Waals surface area contributed by atoms with E-state index in [0.29, 0.717) is 35.7 Å². The van der Waals surface area contributed by atoms with E-state index in [2.05, 4.69) is 9.97 Å². The van der Waals surface area contributed by atoms with Gasteiger partial charge in [0, 0.05) is 25.2 Å². The molecule has 0 radical (unpaired) electrons. The van der Waals surface area contributed by atoms with Crippen molar-refractivity contribution in [3.8, 4) is 0 Å². The van der Waals surface area contributed by atoms with Crippen molar-refractivity contribution in [2.75, 3.05) is 6.54 Å². The summed E-state index contributed by atoms with van der Waals surface area (Å²) in [7, 11) is 0. The van der Waals surface area contributed by atoms with Gasteiger partial charge in [0.05, 0.1) is 11.8 Å². The summed E-state index contributed by atoms with van der Waals surface area (Å²) in [6.07, 6.45) is 5.93. The highest BCUT2D eigenvalue weighted by atomic mass is 19.1. The highest BCUT2D eigenvalue weighted by Gasteiger charge is 2.32. The van der Waals surface area contributed by atoms with E-state index in [4.69, 9.17) is 4.42 Å². The lowest BCUT2D eigenvalue weighted by Crippen LogP contribution is -2.38. The molecule has 1 aromatic carbocycles. The zero-order valence-corrected chi connectivity index (χ0v) is 15.2. The third-order valence-corrected chi connectivity index (χ3v) is 4.97. The molecule has 1 fully saturated rings. The maximum Gasteiger partial charge on any atom is 0.256 e. The van der Waals surface area contributed by atoms with E-state index >= 15 is 0 Å². The Morgan fingerprint density at radius 3 is 2.89 bits per heavy atom. The Hall–Kier alpha value is -3.22. The largest absolute Gasteiger partial charge is 0.443 e. The number of nitrogens with zero attached hydrogens (tertiary/aromatic N) is 2. The van der Waals surface area contributed by atoms with Gasteiger partial charge >= 0.3 is 0 Å². The normalized spacial score (nSPS) is 16.9. The average molecular weight is 381 g/mol. The number of likely N-dealkylation sites (tertiary alicyclic amines) is 1. The van der Waals surface area contributed by atoms with Crippen LogP contribution in [0.2, 0.25) is 0 Å². The Morgan fingerprint density at radius 2 is 2.11 bits per heavy atom. The summed E-state index contributed by atoms with van der Waals surface area (Å²) in [6.45, 7) is 0.591. The Bertz CT molecular complexity index is 1020. The molecule has 1 amide bonds. The van der Waals surface area contributed by atoms with Gasteiger partial charge in [-0.15, -0.1) is 0 Å². The summed E-state index contributed by atoms with van der Waals surface area (Å²) in [5, 5.41) is 0. The molecule has 1 aliphatic heterocycles. The van der Waals surface area contributed by atoms with Crippen LogP contribution in [0.15, 0.2) is 58.0 Å². The molecule has 3 heterocycles. The van der Waals surface area contributed by atoms with E-state index in [-0.39, 0.29) is 23.3 Å². The number of aromatic nitrogens is 2. The number of aromatic amines is 1. The first-order chi connectivity index (χ1) is 13.6. The molecular weight excluding hydrogens is 361 g/mol. The van der Waals surface area contributed by atoms with E-state index in [1.165, 1.54) is 24.4 Å². The van der Waals surface area contributed by atoms with Crippen LogP contribution in [0.25, 0.3) is 0 Å². The van der Waals surface area contributed by atoms with Crippen molar-refractivity contribution in [1.29, 1.82) is 0 Å². The summed E-state index contributed by atoms with van der Waals surface area (Å²) in [5.41, 5.74) is 0.705. The van der Waals surface area contributed by atoms with Gasteiger partial charge in [0.1, 0.15) is 17.6 Å². The Balaban J connectivity index is 1.55. The molecule has 7 heteroatoms. The van der Waals surface area contributed by atoms with Crippen molar-refractivity contribution in [3.05, 3.63) is 87.7 Å². The van der Waals surface area contributed by atoms with Crippen molar-refractivity contribution in [2.45, 2.75) is 31.7 Å². The number of hydrogen-bond acceptors (Lipinski definition) is 4. The third-order valence-electron chi connectivity index (χ3n) is 4.97. The smallest absolute Gasteiger partial charge is 0.256 e. The van der Waals surface area contributed by atoms with Gasteiger partial charge in [0.15, 0.2) is 0 Å². The van der Waals surface area contributed by atoms with Gasteiger partial charge in [-0.25, -0.2) is 9.37 Å². The number of carbonyl (C=O) groups excluding carboxylic acids is 1. The maximum atomic E-state index is 13.9. The Morgan fingerprint density at radius 1 is 1.25 bits per heavy atom. The first-order valence-electron chi connectivity index (χ1n) is 9.29. The highest BCUT2D eigenvalue weighted by Crippen LogP contribution is 2.32. The van der Waals surface area contributed by atoms with E-state index in [0.717, 1.165) is 19.3 Å². The van der Waals surface area contributed by atoms with Crippen molar-refractivity contribution in [1.82, 2.24) is 14.9 Å². The fourth-order valence-corrected chi connectivity index (χ4v) is 3.53. The number of pyridine rings is 1. The standard InChI is InChI=1S/C21H20FN3O3/c22-17-6-2-1-5-14(17)11-16-13-24-20(28-16)18-7-3-4-10-25(18)21(27)15-8-9-19(26)23-12-15/h1-2,5-6,8-9,12-13,18H,3-4,7,10-11H2,(H,23,26). The summed E-state index contributed by atoms with van der Waals surface area (Å²) in [5.74, 6) is 0.564.